The van der Waals surface area contributed by atoms with E-state index in [0.29, 0.717) is 24.1 Å². The topological polar surface area (TPSA) is 91.8 Å². The normalized spacial score (nSPS) is 12.3. The Kier molecular flexibility index (Phi) is 6.43. The predicted molar refractivity (Wildman–Crippen MR) is 118 cm³/mol. The highest BCUT2D eigenvalue weighted by Gasteiger charge is 2.19. The number of rotatable bonds is 8. The first kappa shape index (κ1) is 21.2. The van der Waals surface area contributed by atoms with Crippen molar-refractivity contribution in [2.24, 2.45) is 0 Å². The van der Waals surface area contributed by atoms with Gasteiger partial charge in [0.05, 0.1) is 11.4 Å². The van der Waals surface area contributed by atoms with Crippen LogP contribution in [-0.4, -0.2) is 36.5 Å². The molecule has 9 heteroatoms. The van der Waals surface area contributed by atoms with Crippen molar-refractivity contribution in [3.63, 3.8) is 0 Å². The van der Waals surface area contributed by atoms with Gasteiger partial charge in [0.15, 0.2) is 16.8 Å². The smallest absolute Gasteiger partial charge is 0.237 e. The summed E-state index contributed by atoms with van der Waals surface area (Å²) in [4.78, 5) is 8.56. The molecule has 4 aromatic rings. The average molecular weight is 437 g/mol. The summed E-state index contributed by atoms with van der Waals surface area (Å²) in [6.07, 6.45) is 3.30. The Morgan fingerprint density at radius 3 is 2.65 bits per heavy atom. The van der Waals surface area contributed by atoms with Crippen LogP contribution in [0.5, 0.6) is 0 Å². The van der Waals surface area contributed by atoms with E-state index in [0.717, 1.165) is 22.2 Å². The van der Waals surface area contributed by atoms with Gasteiger partial charge in [-0.15, -0.1) is 10.2 Å². The first-order valence-corrected chi connectivity index (χ1v) is 11.1. The summed E-state index contributed by atoms with van der Waals surface area (Å²) in [5, 5.41) is 13.7. The molecule has 4 rings (SSSR count). The first-order chi connectivity index (χ1) is 15.1. The van der Waals surface area contributed by atoms with E-state index in [2.05, 4.69) is 57.4 Å². The van der Waals surface area contributed by atoms with Gasteiger partial charge in [-0.2, -0.15) is 4.98 Å². The summed E-state index contributed by atoms with van der Waals surface area (Å²) < 4.78 is 13.0. The van der Waals surface area contributed by atoms with Crippen LogP contribution in [0.4, 0.5) is 0 Å². The molecule has 0 saturated heterocycles. The van der Waals surface area contributed by atoms with Gasteiger partial charge >= 0.3 is 0 Å². The lowest BCUT2D eigenvalue weighted by Crippen LogP contribution is -2.02. The average Bonchev–Trinajstić information content (AvgIpc) is 3.42. The number of thioether (sulfide) groups is 1. The number of hydrogen-bond acceptors (Lipinski definition) is 8. The highest BCUT2D eigenvalue weighted by atomic mass is 32.2. The third-order valence-electron chi connectivity index (χ3n) is 4.91. The second-order valence-corrected chi connectivity index (χ2v) is 8.02. The van der Waals surface area contributed by atoms with Gasteiger partial charge in [0.25, 0.3) is 0 Å². The van der Waals surface area contributed by atoms with Crippen LogP contribution in [0.3, 0.4) is 0 Å². The minimum absolute atomic E-state index is 0.204. The summed E-state index contributed by atoms with van der Waals surface area (Å²) in [7, 11) is 0. The maximum absolute atomic E-state index is 5.53. The molecule has 0 aliphatic carbocycles. The van der Waals surface area contributed by atoms with E-state index in [1.165, 1.54) is 22.9 Å². The quantitative estimate of drug-likeness (QED) is 0.366. The molecule has 0 aliphatic heterocycles. The summed E-state index contributed by atoms with van der Waals surface area (Å²) in [6.45, 7) is 8.63. The second kappa shape index (κ2) is 9.40. The molecule has 0 radical (unpaired) electrons. The van der Waals surface area contributed by atoms with Crippen LogP contribution >= 0.6 is 11.8 Å². The van der Waals surface area contributed by atoms with Gasteiger partial charge in [-0.25, -0.2) is 0 Å². The van der Waals surface area contributed by atoms with E-state index in [1.54, 1.807) is 12.4 Å². The Morgan fingerprint density at radius 2 is 1.90 bits per heavy atom. The highest BCUT2D eigenvalue weighted by molar-refractivity contribution is 7.98. The molecule has 0 amide bonds. The largest absolute Gasteiger partial charge is 0.371 e. The van der Waals surface area contributed by atoms with E-state index in [1.807, 2.05) is 30.5 Å². The molecule has 3 heterocycles. The molecule has 0 saturated carbocycles. The SMILES string of the molecule is CCOC(C)c1noc(CSc2nnc(-c3ccncc3)n2-c2ccc(C)c(C)c2)n1. The van der Waals surface area contributed by atoms with Gasteiger partial charge in [0.1, 0.15) is 6.10 Å². The van der Waals surface area contributed by atoms with Crippen LogP contribution in [0.1, 0.15) is 42.8 Å². The van der Waals surface area contributed by atoms with E-state index >= 15 is 0 Å². The minimum atomic E-state index is -0.204. The van der Waals surface area contributed by atoms with Gasteiger partial charge < -0.3 is 9.26 Å². The van der Waals surface area contributed by atoms with Crippen LogP contribution in [0.15, 0.2) is 52.4 Å². The molecular formula is C22H24N6O2S. The number of hydrogen-bond donors (Lipinski definition) is 0. The van der Waals surface area contributed by atoms with Gasteiger partial charge in [-0.05, 0) is 63.1 Å². The predicted octanol–water partition coefficient (Wildman–Crippen LogP) is 4.72. The molecule has 0 bridgehead atoms. The lowest BCUT2D eigenvalue weighted by molar-refractivity contribution is 0.0683. The molecule has 1 unspecified atom stereocenters. The van der Waals surface area contributed by atoms with E-state index in [4.69, 9.17) is 9.26 Å². The van der Waals surface area contributed by atoms with Crippen molar-refractivity contribution in [2.45, 2.75) is 44.7 Å². The van der Waals surface area contributed by atoms with E-state index in [-0.39, 0.29) is 6.10 Å². The van der Waals surface area contributed by atoms with Crippen LogP contribution in [-0.2, 0) is 10.5 Å². The van der Waals surface area contributed by atoms with Crippen molar-refractivity contribution in [1.29, 1.82) is 0 Å². The summed E-state index contributed by atoms with van der Waals surface area (Å²) in [5.74, 6) is 2.30. The van der Waals surface area contributed by atoms with Crippen LogP contribution < -0.4 is 0 Å². The molecule has 160 valence electrons. The highest BCUT2D eigenvalue weighted by Crippen LogP contribution is 2.30. The number of benzene rings is 1. The summed E-state index contributed by atoms with van der Waals surface area (Å²) in [6, 6.07) is 10.2. The van der Waals surface area contributed by atoms with Gasteiger partial charge in [-0.3, -0.25) is 9.55 Å². The van der Waals surface area contributed by atoms with Crippen LogP contribution in [0.2, 0.25) is 0 Å². The Balaban J connectivity index is 1.65. The molecule has 0 fully saturated rings. The van der Waals surface area contributed by atoms with Crippen molar-refractivity contribution in [3.8, 4) is 17.1 Å². The van der Waals surface area contributed by atoms with Gasteiger partial charge in [-0.1, -0.05) is 23.0 Å². The lowest BCUT2D eigenvalue weighted by Gasteiger charge is -2.11. The Morgan fingerprint density at radius 1 is 1.10 bits per heavy atom. The summed E-state index contributed by atoms with van der Waals surface area (Å²) >= 11 is 1.50. The lowest BCUT2D eigenvalue weighted by atomic mass is 10.1. The molecule has 31 heavy (non-hydrogen) atoms. The standard InChI is InChI=1S/C22H24N6O2S/c1-5-29-16(4)20-24-19(30-27-20)13-31-22-26-25-21(17-8-10-23-11-9-17)28(22)18-7-6-14(2)15(3)12-18/h6-12,16H,5,13H2,1-4H3. The fourth-order valence-electron chi connectivity index (χ4n) is 3.09. The van der Waals surface area contributed by atoms with Crippen molar-refractivity contribution in [2.75, 3.05) is 6.61 Å². The molecular weight excluding hydrogens is 412 g/mol. The number of aromatic nitrogens is 6. The molecule has 0 N–H and O–H groups in total. The van der Waals surface area contributed by atoms with Crippen molar-refractivity contribution >= 4 is 11.8 Å². The second-order valence-electron chi connectivity index (χ2n) is 7.08. The zero-order valence-corrected chi connectivity index (χ0v) is 18.8. The van der Waals surface area contributed by atoms with E-state index < -0.39 is 0 Å². The van der Waals surface area contributed by atoms with Crippen molar-refractivity contribution in [1.82, 2.24) is 29.9 Å². The molecule has 1 aromatic carbocycles. The molecule has 0 aliphatic rings. The third-order valence-corrected chi connectivity index (χ3v) is 5.82. The number of nitrogens with zero attached hydrogens (tertiary/aromatic N) is 6. The number of ether oxygens (including phenoxy) is 1. The van der Waals surface area contributed by atoms with Crippen LogP contribution in [0.25, 0.3) is 17.1 Å². The maximum Gasteiger partial charge on any atom is 0.237 e. The molecule has 0 spiro atoms. The maximum atomic E-state index is 5.53. The fraction of sp³-hybridized carbons (Fsp3) is 0.318. The van der Waals surface area contributed by atoms with Crippen molar-refractivity contribution in [3.05, 3.63) is 65.6 Å². The molecule has 1 atom stereocenters. The fourth-order valence-corrected chi connectivity index (χ4v) is 3.88. The monoisotopic (exact) mass is 436 g/mol. The number of pyridine rings is 1. The zero-order valence-electron chi connectivity index (χ0n) is 17.9. The first-order valence-electron chi connectivity index (χ1n) is 10.1. The Labute approximate surface area is 185 Å². The van der Waals surface area contributed by atoms with Crippen LogP contribution in [0, 0.1) is 13.8 Å². The minimum Gasteiger partial charge on any atom is -0.371 e. The van der Waals surface area contributed by atoms with E-state index in [9.17, 15) is 0 Å². The third kappa shape index (κ3) is 4.67. The van der Waals surface area contributed by atoms with Gasteiger partial charge in [0, 0.05) is 24.6 Å². The Bertz CT molecular complexity index is 1160. The van der Waals surface area contributed by atoms with Gasteiger partial charge in [0.2, 0.25) is 5.89 Å². The zero-order chi connectivity index (χ0) is 21.8. The number of aryl methyl sites for hydroxylation is 2. The Hall–Kier alpha value is -3.04. The molecule has 3 aromatic heterocycles. The summed E-state index contributed by atoms with van der Waals surface area (Å²) in [5.41, 5.74) is 4.38. The molecule has 8 nitrogen and oxygen atoms in total. The van der Waals surface area contributed by atoms with Crippen molar-refractivity contribution < 1.29 is 9.26 Å².